The Balaban J connectivity index is 1.98. The summed E-state index contributed by atoms with van der Waals surface area (Å²) in [5.41, 5.74) is 5.68. The maximum absolute atomic E-state index is 5.39. The molecule has 1 aliphatic heterocycles. The molecule has 3 heteroatoms. The molecule has 1 heterocycles. The zero-order chi connectivity index (χ0) is 12.5. The molecule has 1 nitrogen and oxygen atoms in total. The SMILES string of the molecule is Cc1ccc(C2SC(=S)NC3=C2CCCC3)cc1. The van der Waals surface area contributed by atoms with Crippen molar-refractivity contribution in [1.82, 2.24) is 5.32 Å². The molecule has 2 aliphatic rings. The molecule has 1 atom stereocenters. The van der Waals surface area contributed by atoms with Gasteiger partial charge in [-0.05, 0) is 43.7 Å². The second-order valence-electron chi connectivity index (χ2n) is 5.03. The molecule has 18 heavy (non-hydrogen) atoms. The van der Waals surface area contributed by atoms with Gasteiger partial charge < -0.3 is 5.32 Å². The highest BCUT2D eigenvalue weighted by Gasteiger charge is 2.28. The number of thiocarbonyl (C=S) groups is 1. The normalized spacial score (nSPS) is 23.6. The van der Waals surface area contributed by atoms with Gasteiger partial charge in [0.15, 0.2) is 0 Å². The molecular weight excluding hydrogens is 258 g/mol. The van der Waals surface area contributed by atoms with E-state index in [0.717, 1.165) is 4.32 Å². The van der Waals surface area contributed by atoms with Gasteiger partial charge in [-0.3, -0.25) is 0 Å². The molecular formula is C15H17NS2. The van der Waals surface area contributed by atoms with Crippen LogP contribution in [0.4, 0.5) is 0 Å². The van der Waals surface area contributed by atoms with Crippen LogP contribution in [0.3, 0.4) is 0 Å². The summed E-state index contributed by atoms with van der Waals surface area (Å²) in [6.07, 6.45) is 4.99. The van der Waals surface area contributed by atoms with Gasteiger partial charge in [0, 0.05) is 5.70 Å². The molecule has 1 aliphatic carbocycles. The van der Waals surface area contributed by atoms with E-state index in [1.165, 1.54) is 42.5 Å². The molecule has 1 aromatic rings. The van der Waals surface area contributed by atoms with E-state index in [-0.39, 0.29) is 0 Å². The van der Waals surface area contributed by atoms with E-state index in [2.05, 4.69) is 36.5 Å². The number of hydrogen-bond acceptors (Lipinski definition) is 2. The quantitative estimate of drug-likeness (QED) is 0.759. The van der Waals surface area contributed by atoms with Gasteiger partial charge in [-0.1, -0.05) is 53.8 Å². The molecule has 94 valence electrons. The Morgan fingerprint density at radius 1 is 1.17 bits per heavy atom. The van der Waals surface area contributed by atoms with Gasteiger partial charge in [-0.15, -0.1) is 0 Å². The van der Waals surface area contributed by atoms with Crippen LogP contribution in [0, 0.1) is 6.92 Å². The van der Waals surface area contributed by atoms with Crippen LogP contribution < -0.4 is 5.32 Å². The third-order valence-corrected chi connectivity index (χ3v) is 5.18. The number of hydrogen-bond donors (Lipinski definition) is 1. The standard InChI is InChI=1S/C15H17NS2/c1-10-6-8-11(9-7-10)14-12-4-2-3-5-13(12)16-15(17)18-14/h6-9,14H,2-5H2,1H3,(H,16,17). The van der Waals surface area contributed by atoms with Crippen LogP contribution in [0.15, 0.2) is 35.5 Å². The number of benzene rings is 1. The second kappa shape index (κ2) is 5.06. The number of aryl methyl sites for hydroxylation is 1. The summed E-state index contributed by atoms with van der Waals surface area (Å²) in [7, 11) is 0. The van der Waals surface area contributed by atoms with Crippen molar-refractivity contribution in [2.24, 2.45) is 0 Å². The Labute approximate surface area is 118 Å². The van der Waals surface area contributed by atoms with E-state index >= 15 is 0 Å². The van der Waals surface area contributed by atoms with Gasteiger partial charge in [0.1, 0.15) is 4.32 Å². The largest absolute Gasteiger partial charge is 0.345 e. The summed E-state index contributed by atoms with van der Waals surface area (Å²) in [5.74, 6) is 0. The first-order valence-corrected chi connectivity index (χ1v) is 7.79. The van der Waals surface area contributed by atoms with Crippen molar-refractivity contribution in [3.8, 4) is 0 Å². The van der Waals surface area contributed by atoms with Gasteiger partial charge in [0.05, 0.1) is 5.25 Å². The fourth-order valence-electron chi connectivity index (χ4n) is 2.70. The molecule has 0 aromatic heterocycles. The highest BCUT2D eigenvalue weighted by atomic mass is 32.2. The Bertz CT molecular complexity index is 502. The maximum atomic E-state index is 5.39. The fraction of sp³-hybridized carbons (Fsp3) is 0.400. The Morgan fingerprint density at radius 2 is 1.89 bits per heavy atom. The molecule has 0 amide bonds. The predicted molar refractivity (Wildman–Crippen MR) is 82.7 cm³/mol. The smallest absolute Gasteiger partial charge is 0.138 e. The van der Waals surface area contributed by atoms with E-state index < -0.39 is 0 Å². The number of rotatable bonds is 1. The summed E-state index contributed by atoms with van der Waals surface area (Å²) in [6.45, 7) is 2.13. The van der Waals surface area contributed by atoms with Crippen LogP contribution in [-0.2, 0) is 0 Å². The van der Waals surface area contributed by atoms with E-state index in [9.17, 15) is 0 Å². The highest BCUT2D eigenvalue weighted by Crippen LogP contribution is 2.45. The molecule has 0 spiro atoms. The lowest BCUT2D eigenvalue weighted by Crippen LogP contribution is -2.28. The molecule has 3 rings (SSSR count). The van der Waals surface area contributed by atoms with Crippen molar-refractivity contribution >= 4 is 28.3 Å². The Morgan fingerprint density at radius 3 is 2.67 bits per heavy atom. The third-order valence-electron chi connectivity index (χ3n) is 3.68. The lowest BCUT2D eigenvalue weighted by atomic mass is 9.90. The number of thioether (sulfide) groups is 1. The van der Waals surface area contributed by atoms with Crippen LogP contribution in [0.25, 0.3) is 0 Å². The summed E-state index contributed by atoms with van der Waals surface area (Å²) < 4.78 is 0.932. The van der Waals surface area contributed by atoms with Crippen LogP contribution in [0.2, 0.25) is 0 Å². The average Bonchev–Trinajstić information content (AvgIpc) is 2.38. The van der Waals surface area contributed by atoms with Crippen molar-refractivity contribution in [2.45, 2.75) is 37.9 Å². The van der Waals surface area contributed by atoms with Gasteiger partial charge in [-0.25, -0.2) is 0 Å². The van der Waals surface area contributed by atoms with Crippen LogP contribution >= 0.6 is 24.0 Å². The average molecular weight is 275 g/mol. The topological polar surface area (TPSA) is 12.0 Å². The third kappa shape index (κ3) is 2.34. The predicted octanol–water partition coefficient (Wildman–Crippen LogP) is 4.49. The number of nitrogens with one attached hydrogen (secondary N) is 1. The molecule has 1 aromatic carbocycles. The van der Waals surface area contributed by atoms with Crippen molar-refractivity contribution in [3.63, 3.8) is 0 Å². The molecule has 0 bridgehead atoms. The molecule has 1 N–H and O–H groups in total. The monoisotopic (exact) mass is 275 g/mol. The van der Waals surface area contributed by atoms with Gasteiger partial charge in [0.25, 0.3) is 0 Å². The minimum Gasteiger partial charge on any atom is -0.345 e. The van der Waals surface area contributed by atoms with Crippen molar-refractivity contribution in [1.29, 1.82) is 0 Å². The van der Waals surface area contributed by atoms with E-state index in [1.807, 2.05) is 0 Å². The lowest BCUT2D eigenvalue weighted by Gasteiger charge is -2.33. The molecule has 1 unspecified atom stereocenters. The Hall–Kier alpha value is -0.800. The summed E-state index contributed by atoms with van der Waals surface area (Å²) in [5, 5.41) is 3.84. The minimum atomic E-state index is 0.439. The van der Waals surface area contributed by atoms with Gasteiger partial charge in [-0.2, -0.15) is 0 Å². The first-order chi connectivity index (χ1) is 8.74. The molecule has 0 saturated carbocycles. The van der Waals surface area contributed by atoms with Crippen LogP contribution in [-0.4, -0.2) is 4.32 Å². The lowest BCUT2D eigenvalue weighted by molar-refractivity contribution is 0.637. The zero-order valence-corrected chi connectivity index (χ0v) is 12.2. The molecule has 0 radical (unpaired) electrons. The first-order valence-electron chi connectivity index (χ1n) is 6.50. The fourth-order valence-corrected chi connectivity index (χ4v) is 4.21. The summed E-state index contributed by atoms with van der Waals surface area (Å²) >= 11 is 7.19. The van der Waals surface area contributed by atoms with E-state index in [0.29, 0.717) is 5.25 Å². The molecule has 0 saturated heterocycles. The number of allylic oxidation sites excluding steroid dienone is 1. The minimum absolute atomic E-state index is 0.439. The second-order valence-corrected chi connectivity index (χ2v) is 6.81. The van der Waals surface area contributed by atoms with Gasteiger partial charge in [0.2, 0.25) is 0 Å². The van der Waals surface area contributed by atoms with Crippen LogP contribution in [0.5, 0.6) is 0 Å². The van der Waals surface area contributed by atoms with Gasteiger partial charge >= 0.3 is 0 Å². The highest BCUT2D eigenvalue weighted by molar-refractivity contribution is 8.23. The Kier molecular flexibility index (Phi) is 3.44. The zero-order valence-electron chi connectivity index (χ0n) is 10.5. The van der Waals surface area contributed by atoms with E-state index in [4.69, 9.17) is 12.2 Å². The van der Waals surface area contributed by atoms with E-state index in [1.54, 1.807) is 17.3 Å². The summed E-state index contributed by atoms with van der Waals surface area (Å²) in [6, 6.07) is 8.90. The van der Waals surface area contributed by atoms with Crippen molar-refractivity contribution in [3.05, 3.63) is 46.7 Å². The molecule has 0 fully saturated rings. The maximum Gasteiger partial charge on any atom is 0.138 e. The van der Waals surface area contributed by atoms with Crippen molar-refractivity contribution in [2.75, 3.05) is 0 Å². The van der Waals surface area contributed by atoms with Crippen molar-refractivity contribution < 1.29 is 0 Å². The summed E-state index contributed by atoms with van der Waals surface area (Å²) in [4.78, 5) is 0. The van der Waals surface area contributed by atoms with Crippen LogP contribution in [0.1, 0.15) is 42.1 Å². The first kappa shape index (κ1) is 12.2.